The number of esters is 1. The minimum absolute atomic E-state index is 0.133. The highest BCUT2D eigenvalue weighted by molar-refractivity contribution is 5.99. The summed E-state index contributed by atoms with van der Waals surface area (Å²) in [6.07, 6.45) is 1.57. The number of nitrogens with zero attached hydrogens (tertiary/aromatic N) is 2. The van der Waals surface area contributed by atoms with Gasteiger partial charge in [-0.05, 0) is 56.4 Å². The van der Waals surface area contributed by atoms with E-state index in [1.807, 2.05) is 56.3 Å². The quantitative estimate of drug-likeness (QED) is 0.372. The molecule has 1 heterocycles. The lowest BCUT2D eigenvalue weighted by molar-refractivity contribution is -0.150. The maximum Gasteiger partial charge on any atom is 0.349 e. The number of nitrogens with one attached hydrogen (secondary N) is 1. The normalized spacial score (nSPS) is 12.4. The smallest absolute Gasteiger partial charge is 0.349 e. The van der Waals surface area contributed by atoms with E-state index < -0.39 is 18.0 Å². The van der Waals surface area contributed by atoms with Gasteiger partial charge in [0.1, 0.15) is 11.6 Å². The lowest BCUT2D eigenvalue weighted by atomic mass is 10.1. The lowest BCUT2D eigenvalue weighted by Gasteiger charge is -2.13. The van der Waals surface area contributed by atoms with Gasteiger partial charge in [-0.3, -0.25) is 4.79 Å². The van der Waals surface area contributed by atoms with Crippen molar-refractivity contribution in [3.05, 3.63) is 64.5 Å². The van der Waals surface area contributed by atoms with Gasteiger partial charge in [-0.2, -0.15) is 5.26 Å². The number of benzene rings is 1. The van der Waals surface area contributed by atoms with Crippen molar-refractivity contribution >= 4 is 18.0 Å². The molecule has 2 aromatic rings. The fraction of sp³-hybridized carbons (Fsp3) is 0.400. The second-order valence-corrected chi connectivity index (χ2v) is 8.08. The van der Waals surface area contributed by atoms with Gasteiger partial charge in [0.25, 0.3) is 5.91 Å². The maximum absolute atomic E-state index is 12.5. The Morgan fingerprint density at radius 1 is 1.19 bits per heavy atom. The molecule has 2 rings (SSSR count). The summed E-state index contributed by atoms with van der Waals surface area (Å²) in [6, 6.07) is 13.3. The average Bonchev–Trinajstić information content (AvgIpc) is 3.01. The van der Waals surface area contributed by atoms with Gasteiger partial charge in [0.05, 0.1) is 0 Å². The van der Waals surface area contributed by atoms with E-state index in [2.05, 4.69) is 23.7 Å². The van der Waals surface area contributed by atoms with E-state index in [9.17, 15) is 14.9 Å². The first-order valence-corrected chi connectivity index (χ1v) is 10.5. The third-order valence-corrected chi connectivity index (χ3v) is 5.15. The number of ether oxygens (including phenoxy) is 1. The lowest BCUT2D eigenvalue weighted by Crippen LogP contribution is -2.35. The van der Waals surface area contributed by atoms with Crippen LogP contribution in [0.5, 0.6) is 0 Å². The highest BCUT2D eigenvalue weighted by Crippen LogP contribution is 2.20. The van der Waals surface area contributed by atoms with Gasteiger partial charge in [-0.25, -0.2) is 4.79 Å². The van der Waals surface area contributed by atoms with Gasteiger partial charge < -0.3 is 14.6 Å². The molecule has 0 saturated heterocycles. The largest absolute Gasteiger partial charge is 0.448 e. The molecule has 1 aromatic heterocycles. The van der Waals surface area contributed by atoms with Crippen LogP contribution in [0.2, 0.25) is 0 Å². The van der Waals surface area contributed by atoms with Gasteiger partial charge in [0.15, 0.2) is 6.10 Å². The van der Waals surface area contributed by atoms with E-state index in [0.717, 1.165) is 35.5 Å². The fourth-order valence-electron chi connectivity index (χ4n) is 3.20. The molecule has 0 spiro atoms. The van der Waals surface area contributed by atoms with Crippen molar-refractivity contribution < 1.29 is 14.3 Å². The molecule has 6 nitrogen and oxygen atoms in total. The number of aromatic nitrogens is 1. The van der Waals surface area contributed by atoms with Crippen LogP contribution in [0.3, 0.4) is 0 Å². The number of hydrogen-bond acceptors (Lipinski definition) is 4. The first kappa shape index (κ1) is 23.9. The summed E-state index contributed by atoms with van der Waals surface area (Å²) in [6.45, 7) is 11.0. The van der Waals surface area contributed by atoms with E-state index in [1.165, 1.54) is 13.0 Å². The van der Waals surface area contributed by atoms with Gasteiger partial charge in [-0.15, -0.1) is 0 Å². The average molecular weight is 422 g/mol. The zero-order chi connectivity index (χ0) is 23.0. The van der Waals surface area contributed by atoms with Crippen LogP contribution in [0.15, 0.2) is 42.0 Å². The Bertz CT molecular complexity index is 981. The van der Waals surface area contributed by atoms with Crippen LogP contribution in [0.1, 0.15) is 49.7 Å². The molecule has 0 saturated carbocycles. The van der Waals surface area contributed by atoms with Gasteiger partial charge in [0.2, 0.25) is 0 Å². The molecule has 1 atom stereocenters. The molecule has 1 N–H and O–H groups in total. The second kappa shape index (κ2) is 11.2. The summed E-state index contributed by atoms with van der Waals surface area (Å²) in [7, 11) is 0. The molecule has 0 fully saturated rings. The van der Waals surface area contributed by atoms with Crippen molar-refractivity contribution in [3.63, 3.8) is 0 Å². The van der Waals surface area contributed by atoms with Crippen LogP contribution in [0.25, 0.3) is 6.08 Å². The highest BCUT2D eigenvalue weighted by atomic mass is 16.5. The molecule has 31 heavy (non-hydrogen) atoms. The number of carbonyl (C=O) groups excluding carboxylic acids is 2. The van der Waals surface area contributed by atoms with Crippen LogP contribution < -0.4 is 5.32 Å². The maximum atomic E-state index is 12.5. The molecule has 1 aromatic carbocycles. The molecule has 164 valence electrons. The summed E-state index contributed by atoms with van der Waals surface area (Å²) in [5, 5.41) is 12.2. The summed E-state index contributed by atoms with van der Waals surface area (Å²) >= 11 is 0. The summed E-state index contributed by atoms with van der Waals surface area (Å²) in [5.41, 5.74) is 3.68. The molecule has 0 bridgehead atoms. The molecule has 0 aliphatic carbocycles. The van der Waals surface area contributed by atoms with E-state index >= 15 is 0 Å². The van der Waals surface area contributed by atoms with Crippen LogP contribution in [0, 0.1) is 31.1 Å². The Morgan fingerprint density at radius 3 is 2.48 bits per heavy atom. The van der Waals surface area contributed by atoms with E-state index in [-0.39, 0.29) is 5.57 Å². The summed E-state index contributed by atoms with van der Waals surface area (Å²) < 4.78 is 7.42. The van der Waals surface area contributed by atoms with E-state index in [1.54, 1.807) is 0 Å². The van der Waals surface area contributed by atoms with Gasteiger partial charge in [0, 0.05) is 24.5 Å². The first-order chi connectivity index (χ1) is 14.7. The van der Waals surface area contributed by atoms with Crippen molar-refractivity contribution in [1.82, 2.24) is 9.88 Å². The van der Waals surface area contributed by atoms with E-state index in [0.29, 0.717) is 12.5 Å². The molecular weight excluding hydrogens is 390 g/mol. The van der Waals surface area contributed by atoms with Crippen LogP contribution >= 0.6 is 0 Å². The summed E-state index contributed by atoms with van der Waals surface area (Å²) in [5.74, 6) is -0.641. The van der Waals surface area contributed by atoms with Crippen LogP contribution in [-0.4, -0.2) is 22.5 Å². The minimum atomic E-state index is -1.01. The third-order valence-electron chi connectivity index (χ3n) is 5.15. The van der Waals surface area contributed by atoms with Gasteiger partial charge >= 0.3 is 5.97 Å². The topological polar surface area (TPSA) is 84.1 Å². The first-order valence-electron chi connectivity index (χ1n) is 10.5. The molecule has 0 radical (unpaired) electrons. The predicted octanol–water partition coefficient (Wildman–Crippen LogP) is 4.31. The Labute approximate surface area is 184 Å². The third kappa shape index (κ3) is 6.85. The zero-order valence-corrected chi connectivity index (χ0v) is 18.9. The SMILES string of the molecule is Cc1cc(/C=C(\C#N)C(=O)OC(C)C(=O)NCc2ccccc2)c(C)n1CCC(C)C. The van der Waals surface area contributed by atoms with Crippen molar-refractivity contribution in [2.45, 2.75) is 60.2 Å². The molecular formula is C25H31N3O3. The minimum Gasteiger partial charge on any atom is -0.448 e. The van der Waals surface area contributed by atoms with Crippen molar-refractivity contribution in [1.29, 1.82) is 5.26 Å². The fourth-order valence-corrected chi connectivity index (χ4v) is 3.20. The predicted molar refractivity (Wildman–Crippen MR) is 121 cm³/mol. The van der Waals surface area contributed by atoms with Gasteiger partial charge in [-0.1, -0.05) is 44.2 Å². The molecule has 1 unspecified atom stereocenters. The highest BCUT2D eigenvalue weighted by Gasteiger charge is 2.21. The molecule has 6 heteroatoms. The number of carbonyl (C=O) groups is 2. The molecule has 1 amide bonds. The Hall–Kier alpha value is -3.33. The zero-order valence-electron chi connectivity index (χ0n) is 18.9. The molecule has 0 aliphatic rings. The number of nitriles is 1. The Morgan fingerprint density at radius 2 is 1.87 bits per heavy atom. The Kier molecular flexibility index (Phi) is 8.63. The number of aryl methyl sites for hydroxylation is 1. The molecule has 0 aliphatic heterocycles. The van der Waals surface area contributed by atoms with Crippen molar-refractivity contribution in [2.75, 3.05) is 0 Å². The summed E-state index contributed by atoms with van der Waals surface area (Å²) in [4.78, 5) is 24.7. The number of amides is 1. The Balaban J connectivity index is 2.04. The van der Waals surface area contributed by atoms with E-state index in [4.69, 9.17) is 4.74 Å². The number of hydrogen-bond donors (Lipinski definition) is 1. The monoisotopic (exact) mass is 421 g/mol. The second-order valence-electron chi connectivity index (χ2n) is 8.08. The van der Waals surface area contributed by atoms with Crippen molar-refractivity contribution in [2.24, 2.45) is 5.92 Å². The van der Waals surface area contributed by atoms with Crippen LogP contribution in [-0.2, 0) is 27.4 Å². The van der Waals surface area contributed by atoms with Crippen LogP contribution in [0.4, 0.5) is 0 Å². The van der Waals surface area contributed by atoms with Crippen molar-refractivity contribution in [3.8, 4) is 6.07 Å². The number of rotatable bonds is 9. The standard InChI is InChI=1S/C25H31N3O3/c1-17(2)11-12-28-18(3)13-22(19(28)4)14-23(15-26)25(30)31-20(5)24(29)27-16-21-9-7-6-8-10-21/h6-10,13-14,17,20H,11-12,16H2,1-5H3,(H,27,29)/b23-14+.